The summed E-state index contributed by atoms with van der Waals surface area (Å²) < 4.78 is 23.2. The van der Waals surface area contributed by atoms with Crippen LogP contribution in [0.25, 0.3) is 0 Å². The summed E-state index contributed by atoms with van der Waals surface area (Å²) in [6, 6.07) is -1.51. The fourth-order valence-electron chi connectivity index (χ4n) is 2.87. The SMILES string of the molecule is CC1NC(=O)C(C(C)C)N(C2CCS(=O)(=O)C2)C1=O. The second-order valence-corrected chi connectivity index (χ2v) is 7.95. The van der Waals surface area contributed by atoms with Crippen molar-refractivity contribution in [2.45, 2.75) is 45.3 Å². The quantitative estimate of drug-likeness (QED) is 0.745. The minimum absolute atomic E-state index is 0.0258. The van der Waals surface area contributed by atoms with E-state index in [9.17, 15) is 18.0 Å². The van der Waals surface area contributed by atoms with Crippen molar-refractivity contribution in [2.24, 2.45) is 5.92 Å². The van der Waals surface area contributed by atoms with Gasteiger partial charge in [0.25, 0.3) is 0 Å². The highest BCUT2D eigenvalue weighted by atomic mass is 32.2. The van der Waals surface area contributed by atoms with Gasteiger partial charge >= 0.3 is 0 Å². The van der Waals surface area contributed by atoms with Gasteiger partial charge in [0.15, 0.2) is 9.84 Å². The van der Waals surface area contributed by atoms with E-state index in [-0.39, 0.29) is 35.3 Å². The van der Waals surface area contributed by atoms with Crippen molar-refractivity contribution in [1.29, 1.82) is 0 Å². The monoisotopic (exact) mass is 288 g/mol. The van der Waals surface area contributed by atoms with Gasteiger partial charge in [-0.25, -0.2) is 8.42 Å². The van der Waals surface area contributed by atoms with Gasteiger partial charge in [0.1, 0.15) is 12.1 Å². The normalized spacial score (nSPS) is 34.7. The third-order valence-corrected chi connectivity index (χ3v) is 5.54. The Morgan fingerprint density at radius 2 is 1.95 bits per heavy atom. The highest BCUT2D eigenvalue weighted by Gasteiger charge is 2.46. The minimum Gasteiger partial charge on any atom is -0.343 e. The number of sulfone groups is 1. The molecule has 2 aliphatic rings. The number of nitrogens with one attached hydrogen (secondary N) is 1. The van der Waals surface area contributed by atoms with Crippen LogP contribution in [0.15, 0.2) is 0 Å². The second-order valence-electron chi connectivity index (χ2n) is 5.72. The van der Waals surface area contributed by atoms with E-state index in [1.54, 1.807) is 6.92 Å². The van der Waals surface area contributed by atoms with E-state index in [0.717, 1.165) is 0 Å². The lowest BCUT2D eigenvalue weighted by Crippen LogP contribution is -2.66. The van der Waals surface area contributed by atoms with Crippen molar-refractivity contribution < 1.29 is 18.0 Å². The maximum absolute atomic E-state index is 12.3. The van der Waals surface area contributed by atoms with E-state index < -0.39 is 21.9 Å². The van der Waals surface area contributed by atoms with E-state index in [4.69, 9.17) is 0 Å². The molecule has 0 radical (unpaired) electrons. The molecule has 3 atom stereocenters. The standard InChI is InChI=1S/C12H20N2O4S/c1-7(2)10-11(15)13-8(3)12(16)14(10)9-4-5-19(17,18)6-9/h7-10H,4-6H2,1-3H3,(H,13,15). The molecule has 3 unspecified atom stereocenters. The molecule has 0 aliphatic carbocycles. The summed E-state index contributed by atoms with van der Waals surface area (Å²) in [5.74, 6) is -0.337. The third kappa shape index (κ3) is 2.61. The molecule has 108 valence electrons. The summed E-state index contributed by atoms with van der Waals surface area (Å²) in [4.78, 5) is 25.9. The molecule has 2 aliphatic heterocycles. The highest BCUT2D eigenvalue weighted by Crippen LogP contribution is 2.26. The van der Waals surface area contributed by atoms with Crippen LogP contribution in [-0.4, -0.2) is 54.8 Å². The van der Waals surface area contributed by atoms with Crippen LogP contribution in [0.4, 0.5) is 0 Å². The van der Waals surface area contributed by atoms with Crippen LogP contribution in [0.1, 0.15) is 27.2 Å². The topological polar surface area (TPSA) is 83.6 Å². The van der Waals surface area contributed by atoms with Crippen LogP contribution in [0, 0.1) is 5.92 Å². The van der Waals surface area contributed by atoms with E-state index in [0.29, 0.717) is 6.42 Å². The summed E-state index contributed by atoms with van der Waals surface area (Å²) in [7, 11) is -3.08. The number of hydrogen-bond acceptors (Lipinski definition) is 4. The zero-order chi connectivity index (χ0) is 14.4. The van der Waals surface area contributed by atoms with Gasteiger partial charge in [-0.05, 0) is 19.3 Å². The van der Waals surface area contributed by atoms with Gasteiger partial charge in [0.05, 0.1) is 11.5 Å². The molecular formula is C12H20N2O4S. The van der Waals surface area contributed by atoms with Crippen LogP contribution in [0.3, 0.4) is 0 Å². The number of hydrogen-bond donors (Lipinski definition) is 1. The van der Waals surface area contributed by atoms with Crippen LogP contribution >= 0.6 is 0 Å². The average molecular weight is 288 g/mol. The number of piperazine rings is 1. The van der Waals surface area contributed by atoms with E-state index in [2.05, 4.69) is 5.32 Å². The van der Waals surface area contributed by atoms with Gasteiger partial charge < -0.3 is 10.2 Å². The molecule has 0 saturated carbocycles. The van der Waals surface area contributed by atoms with E-state index >= 15 is 0 Å². The van der Waals surface area contributed by atoms with Crippen molar-refractivity contribution in [3.05, 3.63) is 0 Å². The minimum atomic E-state index is -3.08. The molecule has 0 aromatic carbocycles. The molecular weight excluding hydrogens is 268 g/mol. The number of carbonyl (C=O) groups is 2. The Labute approximate surface area is 113 Å². The van der Waals surface area contributed by atoms with Crippen molar-refractivity contribution in [2.75, 3.05) is 11.5 Å². The zero-order valence-electron chi connectivity index (χ0n) is 11.4. The van der Waals surface area contributed by atoms with Crippen LogP contribution in [0.5, 0.6) is 0 Å². The van der Waals surface area contributed by atoms with Gasteiger partial charge in [-0.1, -0.05) is 13.8 Å². The van der Waals surface area contributed by atoms with Gasteiger partial charge in [0.2, 0.25) is 11.8 Å². The first kappa shape index (κ1) is 14.3. The largest absolute Gasteiger partial charge is 0.343 e. The molecule has 2 amide bonds. The summed E-state index contributed by atoms with van der Waals surface area (Å²) in [6.45, 7) is 5.36. The molecule has 0 bridgehead atoms. The summed E-state index contributed by atoms with van der Waals surface area (Å²) in [5, 5.41) is 2.66. The Morgan fingerprint density at radius 3 is 2.42 bits per heavy atom. The first-order valence-corrected chi connectivity index (χ1v) is 8.38. The molecule has 0 aromatic heterocycles. The fourth-order valence-corrected chi connectivity index (χ4v) is 4.58. The Hall–Kier alpha value is -1.11. The van der Waals surface area contributed by atoms with Gasteiger partial charge in [-0.2, -0.15) is 0 Å². The smallest absolute Gasteiger partial charge is 0.245 e. The van der Waals surface area contributed by atoms with E-state index in [1.165, 1.54) is 4.90 Å². The summed E-state index contributed by atoms with van der Waals surface area (Å²) >= 11 is 0. The predicted octanol–water partition coefficient (Wildman–Crippen LogP) is -0.455. The van der Waals surface area contributed by atoms with Crippen molar-refractivity contribution >= 4 is 21.7 Å². The van der Waals surface area contributed by atoms with Crippen LogP contribution in [-0.2, 0) is 19.4 Å². The highest BCUT2D eigenvalue weighted by molar-refractivity contribution is 7.91. The molecule has 2 rings (SSSR count). The number of rotatable bonds is 2. The van der Waals surface area contributed by atoms with Crippen LogP contribution in [0.2, 0.25) is 0 Å². The summed E-state index contributed by atoms with van der Waals surface area (Å²) in [5.41, 5.74) is 0. The lowest BCUT2D eigenvalue weighted by atomic mass is 9.95. The Morgan fingerprint density at radius 1 is 1.32 bits per heavy atom. The molecule has 0 aromatic rings. The van der Waals surface area contributed by atoms with E-state index in [1.807, 2.05) is 13.8 Å². The zero-order valence-corrected chi connectivity index (χ0v) is 12.2. The number of nitrogens with zero attached hydrogens (tertiary/aromatic N) is 1. The molecule has 19 heavy (non-hydrogen) atoms. The molecule has 2 heterocycles. The maximum Gasteiger partial charge on any atom is 0.245 e. The lowest BCUT2D eigenvalue weighted by Gasteiger charge is -2.42. The Bertz CT molecular complexity index is 500. The number of carbonyl (C=O) groups excluding carboxylic acids is 2. The molecule has 2 fully saturated rings. The molecule has 2 saturated heterocycles. The second kappa shape index (κ2) is 4.77. The van der Waals surface area contributed by atoms with Crippen LogP contribution < -0.4 is 5.32 Å². The first-order valence-electron chi connectivity index (χ1n) is 6.56. The third-order valence-electron chi connectivity index (χ3n) is 3.79. The molecule has 1 N–H and O–H groups in total. The Balaban J connectivity index is 2.32. The first-order chi connectivity index (χ1) is 8.73. The van der Waals surface area contributed by atoms with Gasteiger partial charge in [0, 0.05) is 6.04 Å². The maximum atomic E-state index is 12.3. The molecule has 6 nitrogen and oxygen atoms in total. The Kier molecular flexibility index (Phi) is 3.59. The average Bonchev–Trinajstić information content (AvgIpc) is 2.62. The summed E-state index contributed by atoms with van der Waals surface area (Å²) in [6.07, 6.45) is 0.428. The van der Waals surface area contributed by atoms with Crippen molar-refractivity contribution in [3.8, 4) is 0 Å². The van der Waals surface area contributed by atoms with Crippen molar-refractivity contribution in [1.82, 2.24) is 10.2 Å². The number of amides is 2. The molecule has 7 heteroatoms. The van der Waals surface area contributed by atoms with Gasteiger partial charge in [-0.15, -0.1) is 0 Å². The fraction of sp³-hybridized carbons (Fsp3) is 0.833. The predicted molar refractivity (Wildman–Crippen MR) is 70.1 cm³/mol. The van der Waals surface area contributed by atoms with Crippen molar-refractivity contribution in [3.63, 3.8) is 0 Å². The molecule has 0 spiro atoms. The van der Waals surface area contributed by atoms with Gasteiger partial charge in [-0.3, -0.25) is 9.59 Å². The lowest BCUT2D eigenvalue weighted by molar-refractivity contribution is -0.153.